The summed E-state index contributed by atoms with van der Waals surface area (Å²) in [5.74, 6) is 0.648. The second-order valence-electron chi connectivity index (χ2n) is 5.83. The number of ether oxygens (including phenoxy) is 2. The van der Waals surface area contributed by atoms with E-state index < -0.39 is 0 Å². The summed E-state index contributed by atoms with van der Waals surface area (Å²) in [5, 5.41) is 3.24. The fourth-order valence-electron chi connectivity index (χ4n) is 3.13. The van der Waals surface area contributed by atoms with Gasteiger partial charge in [-0.1, -0.05) is 11.6 Å². The molecule has 2 fully saturated rings. The maximum absolute atomic E-state index is 12.2. The van der Waals surface area contributed by atoms with E-state index in [1.165, 1.54) is 6.20 Å². The molecule has 1 aromatic rings. The number of aromatic nitrogens is 2. The maximum Gasteiger partial charge on any atom is 0.223 e. The van der Waals surface area contributed by atoms with Crippen molar-refractivity contribution < 1.29 is 14.3 Å². The summed E-state index contributed by atoms with van der Waals surface area (Å²) in [6.07, 6.45) is 7.09. The summed E-state index contributed by atoms with van der Waals surface area (Å²) in [4.78, 5) is 20.3. The molecule has 1 aromatic heterocycles. The van der Waals surface area contributed by atoms with Crippen molar-refractivity contribution in [1.29, 1.82) is 0 Å². The first kappa shape index (κ1) is 15.6. The number of halogens is 1. The number of methoxy groups -OCH3 is 1. The standard InChI is InChI=1S/C15H20ClN3O3/c1-21-15-12(22-15)9-2-4-10(5-3-9)14(20)19-8-11-13(16)18-7-6-17-11/h6-7,9-10,12,15H,2-5,8H2,1H3,(H,19,20). The van der Waals surface area contributed by atoms with Gasteiger partial charge in [0.1, 0.15) is 6.10 Å². The van der Waals surface area contributed by atoms with Crippen LogP contribution in [0.3, 0.4) is 0 Å². The fraction of sp³-hybridized carbons (Fsp3) is 0.667. The van der Waals surface area contributed by atoms with Crippen molar-refractivity contribution in [3.63, 3.8) is 0 Å². The van der Waals surface area contributed by atoms with Gasteiger partial charge < -0.3 is 14.8 Å². The van der Waals surface area contributed by atoms with Gasteiger partial charge in [0, 0.05) is 25.4 Å². The topological polar surface area (TPSA) is 76.6 Å². The van der Waals surface area contributed by atoms with Crippen LogP contribution in [0.1, 0.15) is 31.4 Å². The Bertz CT molecular complexity index is 535. The highest BCUT2D eigenvalue weighted by atomic mass is 35.5. The molecule has 1 saturated carbocycles. The molecule has 2 unspecified atom stereocenters. The number of carbonyl (C=O) groups is 1. The van der Waals surface area contributed by atoms with Crippen LogP contribution in [0.2, 0.25) is 5.15 Å². The van der Waals surface area contributed by atoms with Crippen LogP contribution in [0.15, 0.2) is 12.4 Å². The monoisotopic (exact) mass is 325 g/mol. The average Bonchev–Trinajstić information content (AvgIpc) is 3.34. The van der Waals surface area contributed by atoms with Gasteiger partial charge in [0.05, 0.1) is 12.2 Å². The molecule has 0 bridgehead atoms. The van der Waals surface area contributed by atoms with E-state index in [9.17, 15) is 4.79 Å². The molecular formula is C15H20ClN3O3. The van der Waals surface area contributed by atoms with Gasteiger partial charge in [-0.3, -0.25) is 9.78 Å². The molecule has 1 aliphatic heterocycles. The molecule has 0 spiro atoms. The predicted molar refractivity (Wildman–Crippen MR) is 80.0 cm³/mol. The number of rotatable bonds is 5. The molecule has 1 N–H and O–H groups in total. The summed E-state index contributed by atoms with van der Waals surface area (Å²) in [5.41, 5.74) is 0.598. The third-order valence-corrected chi connectivity index (χ3v) is 4.79. The molecule has 1 aliphatic carbocycles. The van der Waals surface area contributed by atoms with Gasteiger partial charge in [-0.25, -0.2) is 4.98 Å². The Morgan fingerprint density at radius 1 is 1.36 bits per heavy atom. The van der Waals surface area contributed by atoms with Crippen LogP contribution in [0.4, 0.5) is 0 Å². The number of epoxide rings is 1. The van der Waals surface area contributed by atoms with Crippen LogP contribution in [-0.4, -0.2) is 35.4 Å². The largest absolute Gasteiger partial charge is 0.353 e. The molecule has 2 heterocycles. The van der Waals surface area contributed by atoms with E-state index in [0.29, 0.717) is 23.3 Å². The third-order valence-electron chi connectivity index (χ3n) is 4.48. The lowest BCUT2D eigenvalue weighted by Crippen LogP contribution is -2.34. The summed E-state index contributed by atoms with van der Waals surface area (Å²) in [6, 6.07) is 0. The Kier molecular flexibility index (Phi) is 4.90. The van der Waals surface area contributed by atoms with Gasteiger partial charge >= 0.3 is 0 Å². The minimum Gasteiger partial charge on any atom is -0.353 e. The molecule has 1 amide bonds. The second-order valence-corrected chi connectivity index (χ2v) is 6.19. The van der Waals surface area contributed by atoms with E-state index in [4.69, 9.17) is 21.1 Å². The molecule has 22 heavy (non-hydrogen) atoms. The predicted octanol–water partition coefficient (Wildman–Crippen LogP) is 1.92. The quantitative estimate of drug-likeness (QED) is 0.837. The molecule has 120 valence electrons. The first-order valence-corrected chi connectivity index (χ1v) is 7.98. The lowest BCUT2D eigenvalue weighted by atomic mass is 9.80. The number of nitrogens with one attached hydrogen (secondary N) is 1. The number of hydrogen-bond acceptors (Lipinski definition) is 5. The highest BCUT2D eigenvalue weighted by molar-refractivity contribution is 6.29. The van der Waals surface area contributed by atoms with Crippen molar-refractivity contribution >= 4 is 17.5 Å². The molecule has 0 aromatic carbocycles. The zero-order valence-corrected chi connectivity index (χ0v) is 13.3. The van der Waals surface area contributed by atoms with E-state index in [0.717, 1.165) is 25.7 Å². The van der Waals surface area contributed by atoms with Gasteiger partial charge in [0.2, 0.25) is 5.91 Å². The van der Waals surface area contributed by atoms with Crippen LogP contribution < -0.4 is 5.32 Å². The van der Waals surface area contributed by atoms with Gasteiger partial charge in [-0.05, 0) is 31.6 Å². The van der Waals surface area contributed by atoms with Crippen LogP contribution in [-0.2, 0) is 20.8 Å². The van der Waals surface area contributed by atoms with Crippen molar-refractivity contribution in [2.24, 2.45) is 11.8 Å². The Labute approximate surface area is 134 Å². The SMILES string of the molecule is COC1OC1C1CCC(C(=O)NCc2nccnc2Cl)CC1. The lowest BCUT2D eigenvalue weighted by Gasteiger charge is -2.26. The van der Waals surface area contributed by atoms with E-state index in [1.807, 2.05) is 0 Å². The van der Waals surface area contributed by atoms with E-state index >= 15 is 0 Å². The average molecular weight is 326 g/mol. The molecule has 3 rings (SSSR count). The summed E-state index contributed by atoms with van der Waals surface area (Å²) in [7, 11) is 1.67. The van der Waals surface area contributed by atoms with Crippen molar-refractivity contribution in [3.05, 3.63) is 23.2 Å². The number of amides is 1. The summed E-state index contributed by atoms with van der Waals surface area (Å²) < 4.78 is 10.6. The molecular weight excluding hydrogens is 306 g/mol. The van der Waals surface area contributed by atoms with Crippen LogP contribution in [0.25, 0.3) is 0 Å². The van der Waals surface area contributed by atoms with Crippen LogP contribution in [0.5, 0.6) is 0 Å². The highest BCUT2D eigenvalue weighted by Gasteiger charge is 2.46. The third kappa shape index (κ3) is 3.56. The Morgan fingerprint density at radius 3 is 2.73 bits per heavy atom. The minimum atomic E-state index is -0.0332. The Morgan fingerprint density at radius 2 is 2.09 bits per heavy atom. The number of nitrogens with zero attached hydrogens (tertiary/aromatic N) is 2. The van der Waals surface area contributed by atoms with Gasteiger partial charge in [0.15, 0.2) is 11.4 Å². The normalized spacial score (nSPS) is 30.8. The van der Waals surface area contributed by atoms with Crippen molar-refractivity contribution in [3.8, 4) is 0 Å². The lowest BCUT2D eigenvalue weighted by molar-refractivity contribution is -0.126. The van der Waals surface area contributed by atoms with Crippen molar-refractivity contribution in [1.82, 2.24) is 15.3 Å². The molecule has 0 radical (unpaired) electrons. The number of carbonyl (C=O) groups excluding carboxylic acids is 1. The molecule has 7 heteroatoms. The fourth-order valence-corrected chi connectivity index (χ4v) is 3.30. The smallest absolute Gasteiger partial charge is 0.223 e. The van der Waals surface area contributed by atoms with Gasteiger partial charge in [-0.2, -0.15) is 0 Å². The number of hydrogen-bond donors (Lipinski definition) is 1. The first-order chi connectivity index (χ1) is 10.7. The summed E-state index contributed by atoms with van der Waals surface area (Å²) in [6.45, 7) is 0.322. The minimum absolute atomic E-state index is 0.0332. The second kappa shape index (κ2) is 6.89. The van der Waals surface area contributed by atoms with E-state index in [1.54, 1.807) is 13.3 Å². The molecule has 2 aliphatic rings. The van der Waals surface area contributed by atoms with Crippen molar-refractivity contribution in [2.45, 2.75) is 44.6 Å². The zero-order valence-electron chi connectivity index (χ0n) is 12.5. The molecule has 6 nitrogen and oxygen atoms in total. The highest BCUT2D eigenvalue weighted by Crippen LogP contribution is 2.40. The first-order valence-electron chi connectivity index (χ1n) is 7.60. The molecule has 1 saturated heterocycles. The van der Waals surface area contributed by atoms with Gasteiger partial charge in [0.25, 0.3) is 0 Å². The van der Waals surface area contributed by atoms with E-state index in [2.05, 4.69) is 15.3 Å². The van der Waals surface area contributed by atoms with Crippen molar-refractivity contribution in [2.75, 3.05) is 7.11 Å². The zero-order chi connectivity index (χ0) is 15.5. The molecule has 2 atom stereocenters. The Balaban J connectivity index is 1.43. The van der Waals surface area contributed by atoms with E-state index in [-0.39, 0.29) is 24.2 Å². The van der Waals surface area contributed by atoms with Gasteiger partial charge in [-0.15, -0.1) is 0 Å². The summed E-state index contributed by atoms with van der Waals surface area (Å²) >= 11 is 5.93. The van der Waals surface area contributed by atoms with Crippen LogP contribution >= 0.6 is 11.6 Å². The maximum atomic E-state index is 12.2. The Hall–Kier alpha value is -1.24. The van der Waals surface area contributed by atoms with Crippen LogP contribution in [0, 0.1) is 11.8 Å².